The van der Waals surface area contributed by atoms with Gasteiger partial charge in [0.05, 0.1) is 6.26 Å². The molecule has 2 N–H and O–H groups in total. The minimum Gasteiger partial charge on any atom is -0.480 e. The van der Waals surface area contributed by atoms with Crippen LogP contribution in [0.1, 0.15) is 43.7 Å². The van der Waals surface area contributed by atoms with E-state index in [9.17, 15) is 19.5 Å². The largest absolute Gasteiger partial charge is 0.480 e. The fraction of sp³-hybridized carbons (Fsp3) is 0.296. The third-order valence-corrected chi connectivity index (χ3v) is 6.15. The minimum atomic E-state index is -1.05. The van der Waals surface area contributed by atoms with Crippen molar-refractivity contribution in [3.63, 3.8) is 0 Å². The van der Waals surface area contributed by atoms with Gasteiger partial charge in [-0.3, -0.25) is 4.79 Å². The smallest absolute Gasteiger partial charge is 0.339 e. The van der Waals surface area contributed by atoms with Gasteiger partial charge >= 0.3 is 11.6 Å². The highest BCUT2D eigenvalue weighted by atomic mass is 16.4. The highest BCUT2D eigenvalue weighted by Crippen LogP contribution is 2.34. The summed E-state index contributed by atoms with van der Waals surface area (Å²) in [6.07, 6.45) is 3.76. The molecule has 1 amide bonds. The molecule has 176 valence electrons. The Bertz CT molecular complexity index is 1400. The van der Waals surface area contributed by atoms with Crippen LogP contribution in [0.5, 0.6) is 0 Å². The molecule has 2 heterocycles. The number of carboxylic acids is 1. The van der Waals surface area contributed by atoms with Crippen LogP contribution >= 0.6 is 0 Å². The molecule has 0 radical (unpaired) electrons. The second-order valence-corrected chi connectivity index (χ2v) is 8.45. The van der Waals surface area contributed by atoms with Crippen molar-refractivity contribution in [2.45, 2.75) is 52.0 Å². The number of amides is 1. The topological polar surface area (TPSA) is 110 Å². The van der Waals surface area contributed by atoms with Gasteiger partial charge in [-0.05, 0) is 37.0 Å². The van der Waals surface area contributed by atoms with E-state index >= 15 is 0 Å². The Labute approximate surface area is 196 Å². The summed E-state index contributed by atoms with van der Waals surface area (Å²) in [5, 5.41) is 13.6. The molecule has 0 bridgehead atoms. The van der Waals surface area contributed by atoms with Crippen LogP contribution in [0.25, 0.3) is 33.1 Å². The first-order chi connectivity index (χ1) is 16.4. The van der Waals surface area contributed by atoms with Crippen LogP contribution in [0.4, 0.5) is 0 Å². The zero-order valence-electron chi connectivity index (χ0n) is 19.2. The summed E-state index contributed by atoms with van der Waals surface area (Å²) >= 11 is 0. The molecule has 7 nitrogen and oxygen atoms in total. The van der Waals surface area contributed by atoms with Crippen molar-refractivity contribution in [2.75, 3.05) is 0 Å². The van der Waals surface area contributed by atoms with E-state index in [1.165, 1.54) is 0 Å². The van der Waals surface area contributed by atoms with Crippen molar-refractivity contribution < 1.29 is 23.5 Å². The van der Waals surface area contributed by atoms with Crippen LogP contribution < -0.4 is 10.9 Å². The third kappa shape index (κ3) is 4.73. The van der Waals surface area contributed by atoms with Crippen molar-refractivity contribution in [1.29, 1.82) is 0 Å². The predicted octanol–water partition coefficient (Wildman–Crippen LogP) is 5.21. The Morgan fingerprint density at radius 3 is 2.56 bits per heavy atom. The number of carbonyl (C=O) groups is 2. The molecule has 0 fully saturated rings. The van der Waals surface area contributed by atoms with E-state index in [0.29, 0.717) is 29.6 Å². The number of aliphatic carboxylic acids is 1. The first-order valence-electron chi connectivity index (χ1n) is 11.4. The van der Waals surface area contributed by atoms with E-state index in [-0.39, 0.29) is 12.8 Å². The molecule has 0 saturated heterocycles. The Hall–Kier alpha value is -3.87. The number of hydrogen-bond acceptors (Lipinski definition) is 5. The van der Waals surface area contributed by atoms with E-state index in [0.717, 1.165) is 33.9 Å². The molecule has 4 rings (SSSR count). The summed E-state index contributed by atoms with van der Waals surface area (Å²) in [5.74, 6) is -1.46. The molecule has 0 unspecified atom stereocenters. The van der Waals surface area contributed by atoms with Gasteiger partial charge in [-0.2, -0.15) is 0 Å². The summed E-state index contributed by atoms with van der Waals surface area (Å²) < 4.78 is 11.3. The lowest BCUT2D eigenvalue weighted by molar-refractivity contribution is -0.142. The number of unbranched alkanes of at least 4 members (excludes halogenated alkanes) is 1. The van der Waals surface area contributed by atoms with Crippen LogP contribution in [-0.2, 0) is 16.0 Å². The predicted molar refractivity (Wildman–Crippen MR) is 130 cm³/mol. The van der Waals surface area contributed by atoms with Crippen molar-refractivity contribution in [1.82, 2.24) is 5.32 Å². The quantitative estimate of drug-likeness (QED) is 0.331. The second kappa shape index (κ2) is 9.95. The highest BCUT2D eigenvalue weighted by molar-refractivity contribution is 6.02. The zero-order chi connectivity index (χ0) is 24.2. The van der Waals surface area contributed by atoms with Gasteiger partial charge in [-0.1, -0.05) is 50.1 Å². The number of nitrogens with one attached hydrogen (secondary N) is 1. The minimum absolute atomic E-state index is 0.00374. The first kappa shape index (κ1) is 23.3. The first-order valence-corrected chi connectivity index (χ1v) is 11.4. The maximum Gasteiger partial charge on any atom is 0.339 e. The van der Waals surface area contributed by atoms with Gasteiger partial charge in [0.2, 0.25) is 5.91 Å². The SMILES string of the molecule is CCCC[C@@H](NC(=O)CCc1c(C)c2cc3c(-c4ccccc4)coc3cc2oc1=O)C(=O)O. The summed E-state index contributed by atoms with van der Waals surface area (Å²) in [4.78, 5) is 36.5. The van der Waals surface area contributed by atoms with Gasteiger partial charge in [-0.15, -0.1) is 0 Å². The van der Waals surface area contributed by atoms with Crippen molar-refractivity contribution >= 4 is 33.8 Å². The summed E-state index contributed by atoms with van der Waals surface area (Å²) in [5.41, 5.74) is 3.64. The molecule has 4 aromatic rings. The third-order valence-electron chi connectivity index (χ3n) is 6.15. The Morgan fingerprint density at radius 1 is 1.09 bits per heavy atom. The summed E-state index contributed by atoms with van der Waals surface area (Å²) in [6, 6.07) is 12.6. The molecule has 2 aromatic carbocycles. The standard InChI is InChI=1S/C27H27NO6/c1-3-4-10-22(26(30)31)28-25(29)12-11-18-16(2)19-13-20-21(17-8-6-5-7-9-17)15-33-23(20)14-24(19)34-27(18)32/h5-9,13-15,22H,3-4,10-12H2,1-2H3,(H,28,29)(H,30,31)/t22-/m1/s1. The van der Waals surface area contributed by atoms with Gasteiger partial charge in [0.15, 0.2) is 0 Å². The van der Waals surface area contributed by atoms with Crippen LogP contribution in [-0.4, -0.2) is 23.0 Å². The monoisotopic (exact) mass is 461 g/mol. The van der Waals surface area contributed by atoms with E-state index in [4.69, 9.17) is 8.83 Å². The number of carboxylic acid groups (broad SMARTS) is 1. The van der Waals surface area contributed by atoms with Crippen LogP contribution in [0.2, 0.25) is 0 Å². The number of fused-ring (bicyclic) bond motifs is 2. The molecule has 1 atom stereocenters. The zero-order valence-corrected chi connectivity index (χ0v) is 19.2. The number of carbonyl (C=O) groups excluding carboxylic acids is 1. The molecule has 0 aliphatic carbocycles. The van der Waals surface area contributed by atoms with E-state index in [1.807, 2.05) is 50.2 Å². The van der Waals surface area contributed by atoms with Crippen LogP contribution in [0.3, 0.4) is 0 Å². The van der Waals surface area contributed by atoms with Crippen molar-refractivity contribution in [3.8, 4) is 11.1 Å². The normalized spacial score (nSPS) is 12.2. The molecular formula is C27H27NO6. The van der Waals surface area contributed by atoms with Crippen LogP contribution in [0, 0.1) is 6.92 Å². The number of furan rings is 1. The average Bonchev–Trinajstić information content (AvgIpc) is 3.23. The summed E-state index contributed by atoms with van der Waals surface area (Å²) in [7, 11) is 0. The van der Waals surface area contributed by atoms with Gasteiger partial charge in [0.25, 0.3) is 0 Å². The highest BCUT2D eigenvalue weighted by Gasteiger charge is 2.20. The van der Waals surface area contributed by atoms with Crippen molar-refractivity contribution in [3.05, 3.63) is 70.3 Å². The Balaban J connectivity index is 1.62. The van der Waals surface area contributed by atoms with Gasteiger partial charge in [-0.25, -0.2) is 9.59 Å². The number of rotatable bonds is 9. The van der Waals surface area contributed by atoms with E-state index in [2.05, 4.69) is 5.32 Å². The van der Waals surface area contributed by atoms with Gasteiger partial charge < -0.3 is 19.3 Å². The van der Waals surface area contributed by atoms with Gasteiger partial charge in [0.1, 0.15) is 17.2 Å². The van der Waals surface area contributed by atoms with Gasteiger partial charge in [0, 0.05) is 34.4 Å². The van der Waals surface area contributed by atoms with E-state index in [1.54, 1.807) is 12.3 Å². The van der Waals surface area contributed by atoms with Crippen molar-refractivity contribution in [2.24, 2.45) is 0 Å². The number of aryl methyl sites for hydroxylation is 1. The molecule has 34 heavy (non-hydrogen) atoms. The number of hydrogen-bond donors (Lipinski definition) is 2. The fourth-order valence-corrected chi connectivity index (χ4v) is 4.21. The molecule has 0 spiro atoms. The summed E-state index contributed by atoms with van der Waals surface area (Å²) in [6.45, 7) is 3.80. The lowest BCUT2D eigenvalue weighted by atomic mass is 9.99. The molecule has 0 aliphatic heterocycles. The molecule has 7 heteroatoms. The van der Waals surface area contributed by atoms with E-state index < -0.39 is 23.5 Å². The maximum absolute atomic E-state index is 12.7. The second-order valence-electron chi connectivity index (χ2n) is 8.45. The molecular weight excluding hydrogens is 434 g/mol. The molecule has 0 saturated carbocycles. The van der Waals surface area contributed by atoms with Crippen LogP contribution in [0.15, 0.2) is 62.4 Å². The fourth-order valence-electron chi connectivity index (χ4n) is 4.21. The lowest BCUT2D eigenvalue weighted by Gasteiger charge is -2.14. The lowest BCUT2D eigenvalue weighted by Crippen LogP contribution is -2.40. The maximum atomic E-state index is 12.7. The average molecular weight is 462 g/mol. The Kier molecular flexibility index (Phi) is 6.82. The molecule has 2 aromatic heterocycles. The molecule has 0 aliphatic rings. The Morgan fingerprint density at radius 2 is 1.85 bits per heavy atom. The number of benzene rings is 2.